The van der Waals surface area contributed by atoms with E-state index in [1.54, 1.807) is 17.1 Å². The number of carboxylic acid groups (broad SMARTS) is 1. The molecule has 3 aromatic rings. The lowest BCUT2D eigenvalue weighted by molar-refractivity contribution is 0.0697. The summed E-state index contributed by atoms with van der Waals surface area (Å²) in [5.74, 6) is -0.234. The van der Waals surface area contributed by atoms with Crippen LogP contribution < -0.4 is 0 Å². The first kappa shape index (κ1) is 12.3. The van der Waals surface area contributed by atoms with Gasteiger partial charge >= 0.3 is 5.97 Å². The molecule has 8 heteroatoms. The Hall–Kier alpha value is -2.77. The zero-order chi connectivity index (χ0) is 14.3. The minimum atomic E-state index is -0.984. The molecule has 0 aliphatic rings. The van der Waals surface area contributed by atoms with Gasteiger partial charge in [0.2, 0.25) is 0 Å². The lowest BCUT2D eigenvalue weighted by atomic mass is 10.2. The Morgan fingerprint density at radius 3 is 2.80 bits per heavy atom. The highest BCUT2D eigenvalue weighted by Gasteiger charge is 2.18. The van der Waals surface area contributed by atoms with Crippen molar-refractivity contribution in [3.05, 3.63) is 35.9 Å². The number of carboxylic acids is 1. The summed E-state index contributed by atoms with van der Waals surface area (Å²) in [7, 11) is 1.85. The van der Waals surface area contributed by atoms with Crippen LogP contribution in [0.4, 0.5) is 0 Å². The Morgan fingerprint density at radius 2 is 2.15 bits per heavy atom. The predicted molar refractivity (Wildman–Crippen MR) is 69.3 cm³/mol. The summed E-state index contributed by atoms with van der Waals surface area (Å²) in [5, 5.41) is 25.0. The van der Waals surface area contributed by atoms with Gasteiger partial charge in [-0.3, -0.25) is 0 Å². The molecule has 102 valence electrons. The fraction of sp³-hybridized carbons (Fsp3) is 0.250. The van der Waals surface area contributed by atoms with Crippen LogP contribution in [0.5, 0.6) is 0 Å². The lowest BCUT2D eigenvalue weighted by Crippen LogP contribution is -2.13. The largest absolute Gasteiger partial charge is 0.478 e. The molecule has 0 radical (unpaired) electrons. The Balaban J connectivity index is 2.09. The van der Waals surface area contributed by atoms with Crippen molar-refractivity contribution >= 4 is 17.0 Å². The molecule has 8 nitrogen and oxygen atoms in total. The number of aromatic nitrogens is 6. The Labute approximate surface area is 113 Å². The van der Waals surface area contributed by atoms with Crippen molar-refractivity contribution in [1.29, 1.82) is 0 Å². The van der Waals surface area contributed by atoms with Gasteiger partial charge in [0.25, 0.3) is 0 Å². The van der Waals surface area contributed by atoms with Gasteiger partial charge in [-0.15, -0.1) is 15.3 Å². The summed E-state index contributed by atoms with van der Waals surface area (Å²) < 4.78 is 3.51. The van der Waals surface area contributed by atoms with Crippen LogP contribution in [0.1, 0.15) is 29.1 Å². The smallest absolute Gasteiger partial charge is 0.335 e. The van der Waals surface area contributed by atoms with E-state index in [9.17, 15) is 4.79 Å². The van der Waals surface area contributed by atoms with Crippen molar-refractivity contribution in [3.8, 4) is 0 Å². The molecule has 0 aliphatic carbocycles. The first-order valence-electron chi connectivity index (χ1n) is 6.00. The fourth-order valence-corrected chi connectivity index (χ4v) is 2.14. The number of carbonyl (C=O) groups is 1. The minimum Gasteiger partial charge on any atom is -0.478 e. The molecule has 20 heavy (non-hydrogen) atoms. The van der Waals surface area contributed by atoms with Crippen molar-refractivity contribution in [2.24, 2.45) is 7.05 Å². The highest BCUT2D eigenvalue weighted by atomic mass is 16.4. The molecule has 0 aliphatic heterocycles. The van der Waals surface area contributed by atoms with Gasteiger partial charge in [0.15, 0.2) is 5.82 Å². The highest BCUT2D eigenvalue weighted by molar-refractivity contribution is 5.92. The van der Waals surface area contributed by atoms with Crippen LogP contribution in [0.3, 0.4) is 0 Å². The number of hydrogen-bond donors (Lipinski definition) is 1. The summed E-state index contributed by atoms with van der Waals surface area (Å²) >= 11 is 0. The van der Waals surface area contributed by atoms with Gasteiger partial charge in [-0.05, 0) is 25.1 Å². The molecule has 1 aromatic carbocycles. The summed E-state index contributed by atoms with van der Waals surface area (Å²) in [5.41, 5.74) is 1.49. The molecule has 1 atom stereocenters. The van der Waals surface area contributed by atoms with E-state index >= 15 is 0 Å². The van der Waals surface area contributed by atoms with Gasteiger partial charge in [0.05, 0.1) is 11.1 Å². The lowest BCUT2D eigenvalue weighted by Gasteiger charge is -2.11. The van der Waals surface area contributed by atoms with Crippen molar-refractivity contribution in [1.82, 2.24) is 29.8 Å². The SMILES string of the molecule is CC(c1nncn1C)n1nnc2cc(C(=O)O)ccc21. The van der Waals surface area contributed by atoms with Crippen LogP contribution in [0.2, 0.25) is 0 Å². The Kier molecular flexibility index (Phi) is 2.70. The molecule has 2 aromatic heterocycles. The molecule has 0 bridgehead atoms. The van der Waals surface area contributed by atoms with Gasteiger partial charge in [-0.25, -0.2) is 9.48 Å². The second-order valence-corrected chi connectivity index (χ2v) is 4.52. The van der Waals surface area contributed by atoms with Crippen LogP contribution in [0.25, 0.3) is 11.0 Å². The maximum Gasteiger partial charge on any atom is 0.335 e. The molecule has 2 heterocycles. The van der Waals surface area contributed by atoms with Crippen LogP contribution in [-0.4, -0.2) is 40.8 Å². The summed E-state index contributed by atoms with van der Waals surface area (Å²) in [4.78, 5) is 10.9. The zero-order valence-corrected chi connectivity index (χ0v) is 10.9. The highest BCUT2D eigenvalue weighted by Crippen LogP contribution is 2.20. The Morgan fingerprint density at radius 1 is 1.35 bits per heavy atom. The number of benzene rings is 1. The zero-order valence-electron chi connectivity index (χ0n) is 10.9. The van der Waals surface area contributed by atoms with E-state index in [-0.39, 0.29) is 11.6 Å². The first-order valence-corrected chi connectivity index (χ1v) is 6.00. The number of hydrogen-bond acceptors (Lipinski definition) is 5. The predicted octanol–water partition coefficient (Wildman–Crippen LogP) is 0.867. The number of nitrogens with zero attached hydrogens (tertiary/aromatic N) is 6. The maximum absolute atomic E-state index is 10.9. The summed E-state index contributed by atoms with van der Waals surface area (Å²) in [6.07, 6.45) is 1.62. The van der Waals surface area contributed by atoms with E-state index in [1.165, 1.54) is 12.1 Å². The number of fused-ring (bicyclic) bond motifs is 1. The molecule has 1 unspecified atom stereocenters. The second kappa shape index (κ2) is 4.41. The summed E-state index contributed by atoms with van der Waals surface area (Å²) in [6.45, 7) is 1.93. The quantitative estimate of drug-likeness (QED) is 0.759. The normalized spacial score (nSPS) is 12.7. The molecule has 0 saturated carbocycles. The standard InChI is InChI=1S/C12H12N6O2/c1-7(11-15-13-6-17(11)2)18-10-4-3-8(12(19)20)5-9(10)14-16-18/h3-7H,1-2H3,(H,19,20). The van der Waals surface area contributed by atoms with Crippen molar-refractivity contribution in [2.45, 2.75) is 13.0 Å². The van der Waals surface area contributed by atoms with Gasteiger partial charge in [0, 0.05) is 7.05 Å². The van der Waals surface area contributed by atoms with Crippen LogP contribution in [-0.2, 0) is 7.05 Å². The number of aryl methyl sites for hydroxylation is 1. The molecule has 0 fully saturated rings. The molecule has 1 N–H and O–H groups in total. The van der Waals surface area contributed by atoms with Gasteiger partial charge in [-0.2, -0.15) is 0 Å². The monoisotopic (exact) mass is 272 g/mol. The average Bonchev–Trinajstić information content (AvgIpc) is 3.03. The third-order valence-corrected chi connectivity index (χ3v) is 3.20. The molecule has 3 rings (SSSR count). The molecule has 0 saturated heterocycles. The number of rotatable bonds is 3. The molecule has 0 amide bonds. The number of aromatic carboxylic acids is 1. The van der Waals surface area contributed by atoms with Gasteiger partial charge in [0.1, 0.15) is 17.9 Å². The van der Waals surface area contributed by atoms with E-state index in [1.807, 2.05) is 18.5 Å². The second-order valence-electron chi connectivity index (χ2n) is 4.52. The van der Waals surface area contributed by atoms with E-state index in [4.69, 9.17) is 5.11 Å². The third-order valence-electron chi connectivity index (χ3n) is 3.20. The van der Waals surface area contributed by atoms with Gasteiger partial charge < -0.3 is 9.67 Å². The van der Waals surface area contributed by atoms with E-state index < -0.39 is 5.97 Å². The van der Waals surface area contributed by atoms with E-state index in [2.05, 4.69) is 20.5 Å². The molecular formula is C12H12N6O2. The van der Waals surface area contributed by atoms with Gasteiger partial charge in [-0.1, -0.05) is 5.21 Å². The summed E-state index contributed by atoms with van der Waals surface area (Å²) in [6, 6.07) is 4.59. The third kappa shape index (κ3) is 1.81. The molecular weight excluding hydrogens is 260 g/mol. The first-order chi connectivity index (χ1) is 9.58. The van der Waals surface area contributed by atoms with Crippen molar-refractivity contribution in [3.63, 3.8) is 0 Å². The molecule has 0 spiro atoms. The topological polar surface area (TPSA) is 98.7 Å². The van der Waals surface area contributed by atoms with Crippen molar-refractivity contribution in [2.75, 3.05) is 0 Å². The Bertz CT molecular complexity index is 790. The van der Waals surface area contributed by atoms with Crippen LogP contribution >= 0.6 is 0 Å². The van der Waals surface area contributed by atoms with E-state index in [0.717, 1.165) is 11.3 Å². The fourth-order valence-electron chi connectivity index (χ4n) is 2.14. The van der Waals surface area contributed by atoms with Crippen LogP contribution in [0, 0.1) is 0 Å². The average molecular weight is 272 g/mol. The minimum absolute atomic E-state index is 0.150. The maximum atomic E-state index is 10.9. The van der Waals surface area contributed by atoms with E-state index in [0.29, 0.717) is 5.52 Å². The van der Waals surface area contributed by atoms with Crippen LogP contribution in [0.15, 0.2) is 24.5 Å². The van der Waals surface area contributed by atoms with Crippen molar-refractivity contribution < 1.29 is 9.90 Å².